The first-order chi connectivity index (χ1) is 14.8. The third-order valence-corrected chi connectivity index (χ3v) is 6.07. The molecule has 8 heteroatoms. The molecule has 2 N–H and O–H groups in total. The lowest BCUT2D eigenvalue weighted by Gasteiger charge is -2.16. The van der Waals surface area contributed by atoms with Crippen LogP contribution >= 0.6 is 22.9 Å². The van der Waals surface area contributed by atoms with E-state index < -0.39 is 11.7 Å². The second kappa shape index (κ2) is 10.5. The van der Waals surface area contributed by atoms with E-state index in [0.29, 0.717) is 23.0 Å². The van der Waals surface area contributed by atoms with Crippen LogP contribution in [0, 0.1) is 12.7 Å². The van der Waals surface area contributed by atoms with Crippen molar-refractivity contribution in [3.63, 3.8) is 0 Å². The zero-order chi connectivity index (χ0) is 22.4. The zero-order valence-electron chi connectivity index (χ0n) is 17.2. The monoisotopic (exact) mass is 459 g/mol. The van der Waals surface area contributed by atoms with Gasteiger partial charge in [-0.3, -0.25) is 9.59 Å². The number of carbonyl (C=O) groups is 2. The quantitative estimate of drug-likeness (QED) is 0.500. The van der Waals surface area contributed by atoms with Gasteiger partial charge in [0.1, 0.15) is 5.82 Å². The van der Waals surface area contributed by atoms with Gasteiger partial charge in [-0.2, -0.15) is 0 Å². The molecule has 162 valence electrons. The number of rotatable bonds is 8. The predicted octanol–water partition coefficient (Wildman–Crippen LogP) is 4.96. The number of hydrogen-bond donors (Lipinski definition) is 2. The molecule has 3 aromatic rings. The Labute approximate surface area is 189 Å². The zero-order valence-corrected chi connectivity index (χ0v) is 18.8. The van der Waals surface area contributed by atoms with E-state index in [4.69, 9.17) is 11.6 Å². The Bertz CT molecular complexity index is 1070. The van der Waals surface area contributed by atoms with Gasteiger partial charge in [0.05, 0.1) is 20.5 Å². The highest BCUT2D eigenvalue weighted by molar-refractivity contribution is 7.18. The largest absolute Gasteiger partial charge is 0.350 e. The fraction of sp³-hybridized carbons (Fsp3) is 0.217. The minimum Gasteiger partial charge on any atom is -0.350 e. The molecule has 0 fully saturated rings. The lowest BCUT2D eigenvalue weighted by atomic mass is 10.2. The Balaban J connectivity index is 1.53. The molecule has 31 heavy (non-hydrogen) atoms. The third kappa shape index (κ3) is 6.37. The SMILES string of the molecule is Cc1cc(NC(=O)c2ccc(F)cc2Cl)sc1C(=O)NCCN(C)Cc1ccccc1. The van der Waals surface area contributed by atoms with Crippen LogP contribution in [0.4, 0.5) is 9.39 Å². The second-order valence-corrected chi connectivity index (χ2v) is 8.64. The standard InChI is InChI=1S/C23H23ClFN3O2S/c1-15-12-20(27-22(29)18-9-8-17(25)13-19(18)24)31-21(15)23(30)26-10-11-28(2)14-16-6-4-3-5-7-16/h3-9,12-13H,10-11,14H2,1-2H3,(H,26,30)(H,27,29). The molecule has 0 aliphatic carbocycles. The van der Waals surface area contributed by atoms with Crippen LogP contribution in [-0.2, 0) is 6.54 Å². The molecule has 2 amide bonds. The van der Waals surface area contributed by atoms with Crippen LogP contribution in [0.3, 0.4) is 0 Å². The van der Waals surface area contributed by atoms with Crippen molar-refractivity contribution in [1.82, 2.24) is 10.2 Å². The number of halogens is 2. The predicted molar refractivity (Wildman–Crippen MR) is 124 cm³/mol. The molecule has 2 aromatic carbocycles. The highest BCUT2D eigenvalue weighted by Gasteiger charge is 2.17. The Hall–Kier alpha value is -2.74. The smallest absolute Gasteiger partial charge is 0.261 e. The van der Waals surface area contributed by atoms with E-state index in [-0.39, 0.29) is 16.5 Å². The van der Waals surface area contributed by atoms with Gasteiger partial charge in [0.2, 0.25) is 0 Å². The summed E-state index contributed by atoms with van der Waals surface area (Å²) in [5, 5.41) is 6.20. The highest BCUT2D eigenvalue weighted by atomic mass is 35.5. The number of thiophene rings is 1. The third-order valence-electron chi connectivity index (χ3n) is 4.61. The van der Waals surface area contributed by atoms with Gasteiger partial charge in [-0.05, 0) is 49.4 Å². The van der Waals surface area contributed by atoms with Gasteiger partial charge in [-0.25, -0.2) is 4.39 Å². The van der Waals surface area contributed by atoms with Crippen molar-refractivity contribution >= 4 is 39.8 Å². The summed E-state index contributed by atoms with van der Waals surface area (Å²) in [5.41, 5.74) is 2.15. The molecule has 0 aliphatic rings. The minimum atomic E-state index is -0.512. The summed E-state index contributed by atoms with van der Waals surface area (Å²) in [6.07, 6.45) is 0. The van der Waals surface area contributed by atoms with Crippen molar-refractivity contribution in [2.24, 2.45) is 0 Å². The van der Waals surface area contributed by atoms with E-state index in [0.717, 1.165) is 18.2 Å². The minimum absolute atomic E-state index is 0.0309. The maximum atomic E-state index is 13.2. The summed E-state index contributed by atoms with van der Waals surface area (Å²) in [7, 11) is 2.00. The number of hydrogen-bond acceptors (Lipinski definition) is 4. The van der Waals surface area contributed by atoms with Gasteiger partial charge in [0.25, 0.3) is 11.8 Å². The van der Waals surface area contributed by atoms with E-state index in [2.05, 4.69) is 27.7 Å². The lowest BCUT2D eigenvalue weighted by Crippen LogP contribution is -2.32. The first-order valence-corrected chi connectivity index (χ1v) is 10.9. The van der Waals surface area contributed by atoms with E-state index in [9.17, 15) is 14.0 Å². The summed E-state index contributed by atoms with van der Waals surface area (Å²) in [6.45, 7) is 3.83. The molecular formula is C23H23ClFN3O2S. The van der Waals surface area contributed by atoms with Gasteiger partial charge in [0.15, 0.2) is 0 Å². The fourth-order valence-electron chi connectivity index (χ4n) is 3.04. The Morgan fingerprint density at radius 1 is 1.10 bits per heavy atom. The van der Waals surface area contributed by atoms with Crippen LogP contribution in [0.15, 0.2) is 54.6 Å². The Morgan fingerprint density at radius 2 is 1.84 bits per heavy atom. The maximum Gasteiger partial charge on any atom is 0.261 e. The van der Waals surface area contributed by atoms with Gasteiger partial charge in [-0.1, -0.05) is 41.9 Å². The maximum absolute atomic E-state index is 13.2. The summed E-state index contributed by atoms with van der Waals surface area (Å²) >= 11 is 7.13. The molecule has 0 atom stereocenters. The number of anilines is 1. The molecule has 3 rings (SSSR count). The van der Waals surface area contributed by atoms with Crippen molar-refractivity contribution in [2.45, 2.75) is 13.5 Å². The van der Waals surface area contributed by atoms with Crippen LogP contribution < -0.4 is 10.6 Å². The molecule has 0 saturated heterocycles. The van der Waals surface area contributed by atoms with Gasteiger partial charge >= 0.3 is 0 Å². The van der Waals surface area contributed by atoms with Crippen LogP contribution in [-0.4, -0.2) is 36.9 Å². The number of likely N-dealkylation sites (N-methyl/N-ethyl adjacent to an activating group) is 1. The molecule has 0 spiro atoms. The van der Waals surface area contributed by atoms with E-state index in [1.165, 1.54) is 29.0 Å². The lowest BCUT2D eigenvalue weighted by molar-refractivity contribution is 0.0952. The second-order valence-electron chi connectivity index (χ2n) is 7.18. The van der Waals surface area contributed by atoms with Gasteiger partial charge < -0.3 is 15.5 Å². The molecule has 1 heterocycles. The van der Waals surface area contributed by atoms with Crippen LogP contribution in [0.1, 0.15) is 31.2 Å². The number of nitrogens with one attached hydrogen (secondary N) is 2. The van der Waals surface area contributed by atoms with Crippen molar-refractivity contribution in [3.8, 4) is 0 Å². The average molecular weight is 460 g/mol. The molecule has 1 aromatic heterocycles. The summed E-state index contributed by atoms with van der Waals surface area (Å²) in [4.78, 5) is 27.7. The fourth-order valence-corrected chi connectivity index (χ4v) is 4.27. The van der Waals surface area contributed by atoms with Crippen LogP contribution in [0.5, 0.6) is 0 Å². The van der Waals surface area contributed by atoms with E-state index in [1.54, 1.807) is 6.07 Å². The molecule has 0 unspecified atom stereocenters. The van der Waals surface area contributed by atoms with Crippen molar-refractivity contribution < 1.29 is 14.0 Å². The van der Waals surface area contributed by atoms with Crippen molar-refractivity contribution in [1.29, 1.82) is 0 Å². The summed E-state index contributed by atoms with van der Waals surface area (Å²) in [6, 6.07) is 15.5. The number of carbonyl (C=O) groups excluding carboxylic acids is 2. The van der Waals surface area contributed by atoms with Gasteiger partial charge in [0, 0.05) is 19.6 Å². The number of amides is 2. The van der Waals surface area contributed by atoms with Crippen molar-refractivity contribution in [2.75, 3.05) is 25.5 Å². The van der Waals surface area contributed by atoms with Crippen LogP contribution in [0.2, 0.25) is 5.02 Å². The highest BCUT2D eigenvalue weighted by Crippen LogP contribution is 2.28. The first-order valence-electron chi connectivity index (χ1n) is 9.71. The van der Waals surface area contributed by atoms with E-state index in [1.807, 2.05) is 32.2 Å². The number of nitrogens with zero attached hydrogens (tertiary/aromatic N) is 1. The molecule has 0 radical (unpaired) electrons. The van der Waals surface area contributed by atoms with Crippen molar-refractivity contribution in [3.05, 3.63) is 87.0 Å². The number of aryl methyl sites for hydroxylation is 1. The Morgan fingerprint density at radius 3 is 2.55 bits per heavy atom. The molecule has 0 aliphatic heterocycles. The average Bonchev–Trinajstić information content (AvgIpc) is 3.08. The van der Waals surface area contributed by atoms with E-state index >= 15 is 0 Å². The Kier molecular flexibility index (Phi) is 7.79. The first kappa shape index (κ1) is 22.9. The summed E-state index contributed by atoms with van der Waals surface area (Å²) < 4.78 is 13.2. The van der Waals surface area contributed by atoms with Gasteiger partial charge in [-0.15, -0.1) is 11.3 Å². The van der Waals surface area contributed by atoms with Crippen LogP contribution in [0.25, 0.3) is 0 Å². The molecular weight excluding hydrogens is 437 g/mol. The topological polar surface area (TPSA) is 61.4 Å². The normalized spacial score (nSPS) is 10.9. The molecule has 0 saturated carbocycles. The molecule has 5 nitrogen and oxygen atoms in total. The summed E-state index contributed by atoms with van der Waals surface area (Å²) in [5.74, 6) is -1.15. The molecule has 0 bridgehead atoms. The number of benzene rings is 2.